The van der Waals surface area contributed by atoms with E-state index in [1.54, 1.807) is 30.6 Å². The van der Waals surface area contributed by atoms with E-state index in [0.29, 0.717) is 11.7 Å². The maximum Gasteiger partial charge on any atom is 0.221 e. The highest BCUT2D eigenvalue weighted by Crippen LogP contribution is 2.25. The van der Waals surface area contributed by atoms with Crippen LogP contribution in [0.4, 0.5) is 5.95 Å². The number of imidazole rings is 1. The number of hydrogen-bond acceptors (Lipinski definition) is 5. The quantitative estimate of drug-likeness (QED) is 0.801. The van der Waals surface area contributed by atoms with Crippen LogP contribution in [0.1, 0.15) is 11.3 Å². The van der Waals surface area contributed by atoms with E-state index in [2.05, 4.69) is 10.1 Å². The van der Waals surface area contributed by atoms with Crippen LogP contribution in [0.2, 0.25) is 0 Å². The number of rotatable bonds is 3. The second-order valence-electron chi connectivity index (χ2n) is 3.76. The Labute approximate surface area is 104 Å². The van der Waals surface area contributed by atoms with E-state index >= 15 is 0 Å². The van der Waals surface area contributed by atoms with Gasteiger partial charge < -0.3 is 15.6 Å². The molecule has 6 nitrogen and oxygen atoms in total. The first-order valence-electron chi connectivity index (χ1n) is 5.33. The third kappa shape index (κ3) is 2.42. The van der Waals surface area contributed by atoms with Crippen molar-refractivity contribution >= 4 is 12.2 Å². The van der Waals surface area contributed by atoms with Crippen LogP contribution in [-0.4, -0.2) is 28.1 Å². The molecule has 94 valence electrons. The fraction of sp³-hybridized carbons (Fsp3) is 0.167. The number of phenolic OH excluding ortho intramolecular Hbond substituents is 1. The lowest BCUT2D eigenvalue weighted by molar-refractivity contribution is 0.373. The molecule has 2 rings (SSSR count). The van der Waals surface area contributed by atoms with Gasteiger partial charge in [0.2, 0.25) is 5.95 Å². The number of methoxy groups -OCH3 is 1. The fourth-order valence-electron chi connectivity index (χ4n) is 1.51. The lowest BCUT2D eigenvalue weighted by Gasteiger charge is -2.03. The monoisotopic (exact) mass is 246 g/mol. The fourth-order valence-corrected chi connectivity index (χ4v) is 1.51. The predicted octanol–water partition coefficient (Wildman–Crippen LogP) is 1.37. The molecule has 0 atom stereocenters. The van der Waals surface area contributed by atoms with Gasteiger partial charge >= 0.3 is 0 Å². The first-order valence-corrected chi connectivity index (χ1v) is 5.33. The highest BCUT2D eigenvalue weighted by molar-refractivity contribution is 5.80. The third-order valence-electron chi connectivity index (χ3n) is 2.37. The zero-order valence-electron chi connectivity index (χ0n) is 10.2. The van der Waals surface area contributed by atoms with Crippen LogP contribution in [0.3, 0.4) is 0 Å². The number of aromatic nitrogens is 2. The molecule has 3 N–H and O–H groups in total. The average molecular weight is 246 g/mol. The van der Waals surface area contributed by atoms with E-state index < -0.39 is 0 Å². The number of benzene rings is 1. The maximum absolute atomic E-state index is 9.62. The zero-order chi connectivity index (χ0) is 13.1. The summed E-state index contributed by atoms with van der Waals surface area (Å²) in [5, 5.41) is 13.8. The molecule has 18 heavy (non-hydrogen) atoms. The van der Waals surface area contributed by atoms with E-state index in [1.165, 1.54) is 11.8 Å². The topological polar surface area (TPSA) is 85.7 Å². The molecule has 1 heterocycles. The summed E-state index contributed by atoms with van der Waals surface area (Å²) in [5.74, 6) is 0.808. The Morgan fingerprint density at radius 3 is 2.83 bits per heavy atom. The zero-order valence-corrected chi connectivity index (χ0v) is 10.2. The van der Waals surface area contributed by atoms with Crippen LogP contribution in [0.15, 0.2) is 29.5 Å². The number of nitrogens with two attached hydrogens (primary N) is 1. The molecule has 0 saturated carbocycles. The lowest BCUT2D eigenvalue weighted by atomic mass is 10.2. The maximum atomic E-state index is 9.62. The Hall–Kier alpha value is -2.50. The van der Waals surface area contributed by atoms with Crippen molar-refractivity contribution in [3.05, 3.63) is 35.7 Å². The van der Waals surface area contributed by atoms with Crippen molar-refractivity contribution in [1.29, 1.82) is 0 Å². The molecule has 1 aromatic heterocycles. The minimum absolute atomic E-state index is 0.0660. The van der Waals surface area contributed by atoms with E-state index in [4.69, 9.17) is 10.5 Å². The van der Waals surface area contributed by atoms with Gasteiger partial charge in [-0.25, -0.2) is 9.66 Å². The van der Waals surface area contributed by atoms with Gasteiger partial charge in [-0.2, -0.15) is 5.10 Å². The Kier molecular flexibility index (Phi) is 3.18. The van der Waals surface area contributed by atoms with Crippen molar-refractivity contribution in [1.82, 2.24) is 9.66 Å². The molecule has 0 bridgehead atoms. The number of hydrogen-bond donors (Lipinski definition) is 2. The summed E-state index contributed by atoms with van der Waals surface area (Å²) in [6.07, 6.45) is 3.30. The third-order valence-corrected chi connectivity index (χ3v) is 2.37. The van der Waals surface area contributed by atoms with Crippen molar-refractivity contribution in [3.63, 3.8) is 0 Å². The van der Waals surface area contributed by atoms with Gasteiger partial charge in [0.05, 0.1) is 25.2 Å². The van der Waals surface area contributed by atoms with Gasteiger partial charge in [-0.3, -0.25) is 0 Å². The van der Waals surface area contributed by atoms with Crippen molar-refractivity contribution in [2.75, 3.05) is 12.8 Å². The summed E-state index contributed by atoms with van der Waals surface area (Å²) in [4.78, 5) is 4.03. The SMILES string of the molecule is COc1ccc(C=Nn2cc(C)nc2N)cc1O. The van der Waals surface area contributed by atoms with Crippen molar-refractivity contribution in [2.45, 2.75) is 6.92 Å². The van der Waals surface area contributed by atoms with E-state index in [0.717, 1.165) is 11.3 Å². The summed E-state index contributed by atoms with van der Waals surface area (Å²) < 4.78 is 6.42. The number of aryl methyl sites for hydroxylation is 1. The number of aromatic hydroxyl groups is 1. The number of phenols is 1. The van der Waals surface area contributed by atoms with Crippen LogP contribution in [-0.2, 0) is 0 Å². The molecule has 1 aromatic carbocycles. The second-order valence-corrected chi connectivity index (χ2v) is 3.76. The molecule has 0 saturated heterocycles. The minimum atomic E-state index is 0.0660. The molecule has 0 aliphatic carbocycles. The molecule has 2 aromatic rings. The molecular weight excluding hydrogens is 232 g/mol. The van der Waals surface area contributed by atoms with Gasteiger partial charge in [0.1, 0.15) is 0 Å². The Bertz CT molecular complexity index is 590. The molecule has 0 aliphatic rings. The van der Waals surface area contributed by atoms with Crippen molar-refractivity contribution in [2.24, 2.45) is 5.10 Å². The number of nitrogen functional groups attached to an aromatic ring is 1. The highest BCUT2D eigenvalue weighted by Gasteiger charge is 2.01. The van der Waals surface area contributed by atoms with Crippen molar-refractivity contribution < 1.29 is 9.84 Å². The largest absolute Gasteiger partial charge is 0.504 e. The lowest BCUT2D eigenvalue weighted by Crippen LogP contribution is -1.97. The summed E-state index contributed by atoms with van der Waals surface area (Å²) in [7, 11) is 1.50. The number of anilines is 1. The minimum Gasteiger partial charge on any atom is -0.504 e. The summed E-state index contributed by atoms with van der Waals surface area (Å²) in [6.45, 7) is 1.83. The normalized spacial score (nSPS) is 11.0. The smallest absolute Gasteiger partial charge is 0.221 e. The van der Waals surface area contributed by atoms with Crippen LogP contribution in [0.25, 0.3) is 0 Å². The highest BCUT2D eigenvalue weighted by atomic mass is 16.5. The molecule has 6 heteroatoms. The second kappa shape index (κ2) is 4.79. The Morgan fingerprint density at radius 1 is 1.50 bits per heavy atom. The molecule has 0 unspecified atom stereocenters. The molecule has 0 aliphatic heterocycles. The first kappa shape index (κ1) is 12.0. The first-order chi connectivity index (χ1) is 8.60. The predicted molar refractivity (Wildman–Crippen MR) is 69.0 cm³/mol. The summed E-state index contributed by atoms with van der Waals surface area (Å²) in [5.41, 5.74) is 7.18. The molecule has 0 amide bonds. The van der Waals surface area contributed by atoms with Crippen LogP contribution in [0.5, 0.6) is 11.5 Å². The van der Waals surface area contributed by atoms with Gasteiger partial charge in [0.25, 0.3) is 0 Å². The van der Waals surface area contributed by atoms with E-state index in [9.17, 15) is 5.11 Å². The Balaban J connectivity index is 2.24. The number of nitrogens with zero attached hydrogens (tertiary/aromatic N) is 3. The number of ether oxygens (including phenoxy) is 1. The molecule has 0 fully saturated rings. The standard InChI is InChI=1S/C12H14N4O2/c1-8-7-16(12(13)15-8)14-6-9-3-4-11(18-2)10(17)5-9/h3-7,17H,1-2H3,(H2,13,15). The average Bonchev–Trinajstić information content (AvgIpc) is 2.65. The molecule has 0 spiro atoms. The van der Waals surface area contributed by atoms with Crippen LogP contribution in [0, 0.1) is 6.92 Å². The van der Waals surface area contributed by atoms with Gasteiger partial charge in [0, 0.05) is 0 Å². The van der Waals surface area contributed by atoms with Gasteiger partial charge in [-0.15, -0.1) is 0 Å². The van der Waals surface area contributed by atoms with Gasteiger partial charge in [-0.1, -0.05) is 0 Å². The van der Waals surface area contributed by atoms with E-state index in [1.807, 2.05) is 6.92 Å². The van der Waals surface area contributed by atoms with Crippen LogP contribution >= 0.6 is 0 Å². The summed E-state index contributed by atoms with van der Waals surface area (Å²) >= 11 is 0. The van der Waals surface area contributed by atoms with Crippen molar-refractivity contribution in [3.8, 4) is 11.5 Å². The van der Waals surface area contributed by atoms with Crippen LogP contribution < -0.4 is 10.5 Å². The molecular formula is C12H14N4O2. The van der Waals surface area contributed by atoms with Gasteiger partial charge in [0.15, 0.2) is 11.5 Å². The molecule has 0 radical (unpaired) electrons. The van der Waals surface area contributed by atoms with Gasteiger partial charge in [-0.05, 0) is 30.7 Å². The summed E-state index contributed by atoms with van der Waals surface area (Å²) in [6, 6.07) is 5.00. The Morgan fingerprint density at radius 2 is 2.28 bits per heavy atom. The van der Waals surface area contributed by atoms with E-state index in [-0.39, 0.29) is 5.75 Å².